The summed E-state index contributed by atoms with van der Waals surface area (Å²) in [7, 11) is 0. The van der Waals surface area contributed by atoms with Crippen LogP contribution in [0.25, 0.3) is 0 Å². The number of halogens is 3. The van der Waals surface area contributed by atoms with E-state index in [0.29, 0.717) is 6.29 Å². The number of alkyl halides is 3. The number of hydrogen-bond acceptors (Lipinski definition) is 2. The fraction of sp³-hybridized carbons (Fsp3) is 0.200. The molecule has 0 radical (unpaired) electrons. The lowest BCUT2D eigenvalue weighted by molar-refractivity contribution is -0.138. The van der Waals surface area contributed by atoms with Crippen molar-refractivity contribution in [3.63, 3.8) is 0 Å². The molecule has 0 saturated carbocycles. The van der Waals surface area contributed by atoms with Crippen LogP contribution in [-0.2, 0) is 12.7 Å². The molecule has 1 aromatic rings. The van der Waals surface area contributed by atoms with Gasteiger partial charge in [0.15, 0.2) is 0 Å². The van der Waals surface area contributed by atoms with Crippen molar-refractivity contribution in [3.05, 3.63) is 34.4 Å². The molecule has 6 heteroatoms. The molecule has 2 rings (SSSR count). The number of fused-ring (bicyclic) bond motifs is 1. The highest BCUT2D eigenvalue weighted by molar-refractivity contribution is 6.00. The van der Waals surface area contributed by atoms with E-state index in [1.807, 2.05) is 0 Å². The number of amides is 1. The summed E-state index contributed by atoms with van der Waals surface area (Å²) in [4.78, 5) is 21.7. The van der Waals surface area contributed by atoms with E-state index in [9.17, 15) is 22.8 Å². The fourth-order valence-electron chi connectivity index (χ4n) is 1.67. The smallest absolute Gasteiger partial charge is 0.348 e. The van der Waals surface area contributed by atoms with Crippen molar-refractivity contribution in [3.8, 4) is 0 Å². The Morgan fingerprint density at radius 2 is 2.00 bits per heavy atom. The Bertz CT molecular complexity index is 480. The van der Waals surface area contributed by atoms with Crippen LogP contribution in [0.4, 0.5) is 13.2 Å². The summed E-state index contributed by atoms with van der Waals surface area (Å²) in [5.41, 5.74) is -1.24. The van der Waals surface area contributed by atoms with Gasteiger partial charge in [0, 0.05) is 17.7 Å². The largest absolute Gasteiger partial charge is 0.416 e. The predicted molar refractivity (Wildman–Crippen MR) is 48.0 cm³/mol. The zero-order chi connectivity index (χ0) is 11.9. The minimum atomic E-state index is -4.56. The summed E-state index contributed by atoms with van der Waals surface area (Å²) in [5.74, 6) is -0.579. The summed E-state index contributed by atoms with van der Waals surface area (Å²) < 4.78 is 37.9. The number of carbonyl (C=O) groups excluding carboxylic acids is 2. The van der Waals surface area contributed by atoms with Crippen molar-refractivity contribution in [2.45, 2.75) is 12.7 Å². The van der Waals surface area contributed by atoms with E-state index in [1.54, 1.807) is 0 Å². The van der Waals surface area contributed by atoms with Gasteiger partial charge in [0.1, 0.15) is 6.29 Å². The Morgan fingerprint density at radius 1 is 1.31 bits per heavy atom. The lowest BCUT2D eigenvalue weighted by atomic mass is 9.99. The first-order chi connectivity index (χ1) is 7.43. The van der Waals surface area contributed by atoms with Crippen molar-refractivity contribution in [1.82, 2.24) is 5.32 Å². The van der Waals surface area contributed by atoms with Crippen LogP contribution in [0.1, 0.15) is 31.8 Å². The molecule has 0 unspecified atom stereocenters. The van der Waals surface area contributed by atoms with E-state index in [-0.39, 0.29) is 23.2 Å². The highest BCUT2D eigenvalue weighted by atomic mass is 19.4. The van der Waals surface area contributed by atoms with Crippen LogP contribution < -0.4 is 5.32 Å². The van der Waals surface area contributed by atoms with Gasteiger partial charge < -0.3 is 5.32 Å². The Kier molecular flexibility index (Phi) is 2.22. The molecule has 1 aromatic carbocycles. The molecule has 16 heavy (non-hydrogen) atoms. The molecule has 1 N–H and O–H groups in total. The van der Waals surface area contributed by atoms with Gasteiger partial charge in [-0.25, -0.2) is 0 Å². The maximum Gasteiger partial charge on any atom is 0.416 e. The molecule has 84 valence electrons. The molecular weight excluding hydrogens is 223 g/mol. The van der Waals surface area contributed by atoms with Crippen LogP contribution in [0.5, 0.6) is 0 Å². The molecular formula is C10H6F3NO2. The van der Waals surface area contributed by atoms with Gasteiger partial charge in [-0.05, 0) is 17.7 Å². The molecule has 1 aliphatic heterocycles. The first kappa shape index (κ1) is 10.7. The molecule has 0 aliphatic carbocycles. The van der Waals surface area contributed by atoms with E-state index in [1.165, 1.54) is 6.07 Å². The van der Waals surface area contributed by atoms with Crippen molar-refractivity contribution in [2.75, 3.05) is 0 Å². The fourth-order valence-corrected chi connectivity index (χ4v) is 1.67. The molecule has 0 spiro atoms. The van der Waals surface area contributed by atoms with E-state index < -0.39 is 17.6 Å². The molecule has 0 saturated heterocycles. The Hall–Kier alpha value is -1.85. The molecule has 1 amide bonds. The Morgan fingerprint density at radius 3 is 2.56 bits per heavy atom. The molecule has 0 fully saturated rings. The van der Waals surface area contributed by atoms with E-state index in [2.05, 4.69) is 5.32 Å². The first-order valence-corrected chi connectivity index (χ1v) is 4.41. The number of aldehydes is 1. The molecule has 0 aromatic heterocycles. The monoisotopic (exact) mass is 229 g/mol. The van der Waals surface area contributed by atoms with Gasteiger partial charge in [-0.1, -0.05) is 0 Å². The van der Waals surface area contributed by atoms with Crippen molar-refractivity contribution >= 4 is 12.2 Å². The molecule has 1 heterocycles. The van der Waals surface area contributed by atoms with Crippen LogP contribution in [0.3, 0.4) is 0 Å². The predicted octanol–water partition coefficient (Wildman–Crippen LogP) is 1.76. The third-order valence-electron chi connectivity index (χ3n) is 2.38. The molecule has 3 nitrogen and oxygen atoms in total. The molecule has 0 bridgehead atoms. The van der Waals surface area contributed by atoms with Gasteiger partial charge in [0.2, 0.25) is 0 Å². The minimum Gasteiger partial charge on any atom is -0.348 e. The molecule has 1 aliphatic rings. The van der Waals surface area contributed by atoms with E-state index in [0.717, 1.165) is 6.07 Å². The number of nitrogens with one attached hydrogen (secondary N) is 1. The highest BCUT2D eigenvalue weighted by Crippen LogP contribution is 2.35. The standard InChI is InChI=1S/C10H6F3NO2/c11-10(12,13)8-2-5(4-15)1-6-7(8)3-14-9(6)16/h1-2,4H,3H2,(H,14,16). The summed E-state index contributed by atoms with van der Waals surface area (Å²) in [6.07, 6.45) is -4.27. The quantitative estimate of drug-likeness (QED) is 0.746. The van der Waals surface area contributed by atoms with Crippen molar-refractivity contribution in [2.24, 2.45) is 0 Å². The van der Waals surface area contributed by atoms with Crippen LogP contribution in [0.2, 0.25) is 0 Å². The van der Waals surface area contributed by atoms with Gasteiger partial charge >= 0.3 is 6.18 Å². The highest BCUT2D eigenvalue weighted by Gasteiger charge is 2.37. The number of benzene rings is 1. The Labute approximate surface area is 88.3 Å². The second kappa shape index (κ2) is 3.33. The van der Waals surface area contributed by atoms with Crippen LogP contribution >= 0.6 is 0 Å². The normalized spacial score (nSPS) is 14.6. The summed E-state index contributed by atoms with van der Waals surface area (Å²) >= 11 is 0. The van der Waals surface area contributed by atoms with E-state index >= 15 is 0 Å². The van der Waals surface area contributed by atoms with Gasteiger partial charge in [-0.3, -0.25) is 9.59 Å². The lowest BCUT2D eigenvalue weighted by Gasteiger charge is -2.11. The first-order valence-electron chi connectivity index (χ1n) is 4.41. The summed E-state index contributed by atoms with van der Waals surface area (Å²) in [6, 6.07) is 1.92. The zero-order valence-corrected chi connectivity index (χ0v) is 7.89. The van der Waals surface area contributed by atoms with Gasteiger partial charge in [-0.15, -0.1) is 0 Å². The second-order valence-corrected chi connectivity index (χ2v) is 3.39. The maximum atomic E-state index is 12.6. The number of rotatable bonds is 1. The lowest BCUT2D eigenvalue weighted by Crippen LogP contribution is -2.12. The maximum absolute atomic E-state index is 12.6. The SMILES string of the molecule is O=Cc1cc2c(c(C(F)(F)F)c1)CNC2=O. The Balaban J connectivity index is 2.70. The summed E-state index contributed by atoms with van der Waals surface area (Å²) in [6.45, 7) is -0.151. The topological polar surface area (TPSA) is 46.2 Å². The second-order valence-electron chi connectivity index (χ2n) is 3.39. The molecule has 0 atom stereocenters. The number of hydrogen-bond donors (Lipinski definition) is 1. The summed E-state index contributed by atoms with van der Waals surface area (Å²) in [5, 5.41) is 2.29. The zero-order valence-electron chi connectivity index (χ0n) is 7.89. The van der Waals surface area contributed by atoms with Gasteiger partial charge in [-0.2, -0.15) is 13.2 Å². The van der Waals surface area contributed by atoms with Crippen molar-refractivity contribution < 1.29 is 22.8 Å². The number of carbonyl (C=O) groups is 2. The average molecular weight is 229 g/mol. The third kappa shape index (κ3) is 1.56. The van der Waals surface area contributed by atoms with Crippen LogP contribution in [0, 0.1) is 0 Å². The van der Waals surface area contributed by atoms with Gasteiger partial charge in [0.05, 0.1) is 5.56 Å². The van der Waals surface area contributed by atoms with Gasteiger partial charge in [0.25, 0.3) is 5.91 Å². The van der Waals surface area contributed by atoms with Crippen molar-refractivity contribution in [1.29, 1.82) is 0 Å². The van der Waals surface area contributed by atoms with E-state index in [4.69, 9.17) is 0 Å². The minimum absolute atomic E-state index is 0.0723. The van der Waals surface area contributed by atoms with Crippen LogP contribution in [-0.4, -0.2) is 12.2 Å². The van der Waals surface area contributed by atoms with Crippen LogP contribution in [0.15, 0.2) is 12.1 Å². The third-order valence-corrected chi connectivity index (χ3v) is 2.38. The average Bonchev–Trinajstić information content (AvgIpc) is 2.58.